The third-order valence-corrected chi connectivity index (χ3v) is 4.06. The summed E-state index contributed by atoms with van der Waals surface area (Å²) in [5.74, 6) is -0.0825. The summed E-state index contributed by atoms with van der Waals surface area (Å²) in [6.07, 6.45) is 6.43. The molecule has 2 rings (SSSR count). The summed E-state index contributed by atoms with van der Waals surface area (Å²) in [5, 5.41) is 3.33. The van der Waals surface area contributed by atoms with Crippen LogP contribution in [0.3, 0.4) is 0 Å². The Morgan fingerprint density at radius 1 is 1.50 bits per heavy atom. The number of hydrogen-bond acceptors (Lipinski definition) is 3. The Hall–Kier alpha value is -1.13. The monoisotopic (exact) mass is 295 g/mol. The first-order chi connectivity index (χ1) is 9.66. The molecule has 0 spiro atoms. The number of halogens is 1. The molecule has 0 aromatic carbocycles. The van der Waals surface area contributed by atoms with E-state index in [4.69, 9.17) is 11.6 Å². The van der Waals surface area contributed by atoms with Crippen LogP contribution in [0.4, 0.5) is 0 Å². The fourth-order valence-corrected chi connectivity index (χ4v) is 2.70. The number of nitrogens with one attached hydrogen (secondary N) is 1. The topological polar surface area (TPSA) is 45.2 Å². The maximum absolute atomic E-state index is 11.9. The van der Waals surface area contributed by atoms with Crippen molar-refractivity contribution >= 4 is 17.5 Å². The number of hydrogen-bond donors (Lipinski definition) is 1. The van der Waals surface area contributed by atoms with Gasteiger partial charge < -0.3 is 10.2 Å². The summed E-state index contributed by atoms with van der Waals surface area (Å²) in [7, 11) is 0. The Morgan fingerprint density at radius 3 is 3.05 bits per heavy atom. The van der Waals surface area contributed by atoms with E-state index in [0.717, 1.165) is 13.0 Å². The Morgan fingerprint density at radius 2 is 2.35 bits per heavy atom. The predicted molar refractivity (Wildman–Crippen MR) is 81.1 cm³/mol. The van der Waals surface area contributed by atoms with Gasteiger partial charge in [-0.05, 0) is 44.9 Å². The van der Waals surface area contributed by atoms with E-state index in [1.165, 1.54) is 32.0 Å². The normalized spacial score (nSPS) is 19.8. The highest BCUT2D eigenvalue weighted by Crippen LogP contribution is 2.16. The predicted octanol–water partition coefficient (Wildman–Crippen LogP) is 2.73. The van der Waals surface area contributed by atoms with Crippen LogP contribution in [0.25, 0.3) is 0 Å². The van der Waals surface area contributed by atoms with Crippen molar-refractivity contribution in [1.82, 2.24) is 15.2 Å². The average molecular weight is 296 g/mol. The lowest BCUT2D eigenvalue weighted by atomic mass is 10.0. The lowest BCUT2D eigenvalue weighted by Gasteiger charge is -2.33. The molecule has 4 nitrogen and oxygen atoms in total. The van der Waals surface area contributed by atoms with E-state index in [0.29, 0.717) is 23.3 Å². The quantitative estimate of drug-likeness (QED) is 0.671. The molecule has 1 aliphatic rings. The van der Waals surface area contributed by atoms with Crippen molar-refractivity contribution in [1.29, 1.82) is 0 Å². The van der Waals surface area contributed by atoms with Crippen LogP contribution in [0.2, 0.25) is 5.15 Å². The Balaban J connectivity index is 1.67. The number of piperidine rings is 1. The number of likely N-dealkylation sites (tertiary alicyclic amines) is 1. The van der Waals surface area contributed by atoms with Crippen LogP contribution >= 0.6 is 11.6 Å². The van der Waals surface area contributed by atoms with Gasteiger partial charge in [-0.15, -0.1) is 0 Å². The summed E-state index contributed by atoms with van der Waals surface area (Å²) in [5.41, 5.74) is 0.556. The molecule has 1 aliphatic heterocycles. The molecular weight excluding hydrogens is 274 g/mol. The molecule has 0 saturated carbocycles. The number of carbonyl (C=O) groups is 1. The highest BCUT2D eigenvalue weighted by molar-refractivity contribution is 6.29. The molecule has 1 amide bonds. The molecule has 20 heavy (non-hydrogen) atoms. The maximum atomic E-state index is 11.9. The van der Waals surface area contributed by atoms with E-state index in [1.807, 2.05) is 0 Å². The number of amides is 1. The molecule has 1 aromatic rings. The van der Waals surface area contributed by atoms with Gasteiger partial charge in [-0.25, -0.2) is 4.98 Å². The second-order valence-electron chi connectivity index (χ2n) is 5.36. The van der Waals surface area contributed by atoms with Crippen LogP contribution in [0, 0.1) is 0 Å². The van der Waals surface area contributed by atoms with Gasteiger partial charge in [0.1, 0.15) is 5.15 Å². The molecular formula is C15H22ClN3O. The van der Waals surface area contributed by atoms with Gasteiger partial charge in [-0.3, -0.25) is 4.79 Å². The van der Waals surface area contributed by atoms with Crippen molar-refractivity contribution in [2.75, 3.05) is 19.6 Å². The van der Waals surface area contributed by atoms with Crippen molar-refractivity contribution in [2.45, 2.75) is 38.6 Å². The fraction of sp³-hybridized carbons (Fsp3) is 0.600. The highest BCUT2D eigenvalue weighted by atomic mass is 35.5. The smallest absolute Gasteiger partial charge is 0.252 e. The van der Waals surface area contributed by atoms with Crippen LogP contribution in [-0.4, -0.2) is 41.5 Å². The van der Waals surface area contributed by atoms with Gasteiger partial charge >= 0.3 is 0 Å². The molecule has 1 fully saturated rings. The van der Waals surface area contributed by atoms with E-state index >= 15 is 0 Å². The third kappa shape index (κ3) is 4.46. The second-order valence-corrected chi connectivity index (χ2v) is 5.75. The van der Waals surface area contributed by atoms with Crippen molar-refractivity contribution < 1.29 is 4.79 Å². The second kappa shape index (κ2) is 7.60. The molecule has 1 aromatic heterocycles. The van der Waals surface area contributed by atoms with Gasteiger partial charge in [0, 0.05) is 25.3 Å². The zero-order valence-electron chi connectivity index (χ0n) is 11.9. The Labute approximate surface area is 125 Å². The fourth-order valence-electron chi connectivity index (χ4n) is 2.59. The maximum Gasteiger partial charge on any atom is 0.252 e. The van der Waals surface area contributed by atoms with Gasteiger partial charge in [0.05, 0.1) is 5.56 Å². The van der Waals surface area contributed by atoms with Gasteiger partial charge in [0.25, 0.3) is 5.91 Å². The molecule has 0 unspecified atom stereocenters. The van der Waals surface area contributed by atoms with Crippen molar-refractivity contribution in [2.24, 2.45) is 0 Å². The van der Waals surface area contributed by atoms with Crippen molar-refractivity contribution in [3.63, 3.8) is 0 Å². The molecule has 0 radical (unpaired) electrons. The van der Waals surface area contributed by atoms with Crippen LogP contribution in [-0.2, 0) is 0 Å². The first-order valence-corrected chi connectivity index (χ1v) is 7.68. The van der Waals surface area contributed by atoms with Crippen LogP contribution in [0.5, 0.6) is 0 Å². The average Bonchev–Trinajstić information content (AvgIpc) is 2.46. The largest absolute Gasteiger partial charge is 0.352 e. The van der Waals surface area contributed by atoms with E-state index in [-0.39, 0.29) is 5.91 Å². The van der Waals surface area contributed by atoms with Crippen LogP contribution in [0.1, 0.15) is 43.0 Å². The number of pyridine rings is 1. The minimum atomic E-state index is -0.0825. The molecule has 1 atom stereocenters. The molecule has 0 bridgehead atoms. The van der Waals surface area contributed by atoms with Crippen LogP contribution in [0.15, 0.2) is 18.3 Å². The molecule has 0 aliphatic carbocycles. The van der Waals surface area contributed by atoms with E-state index < -0.39 is 0 Å². The minimum absolute atomic E-state index is 0.0825. The number of rotatable bonds is 5. The molecule has 5 heteroatoms. The van der Waals surface area contributed by atoms with E-state index in [2.05, 4.69) is 22.1 Å². The minimum Gasteiger partial charge on any atom is -0.352 e. The molecule has 2 heterocycles. The lowest BCUT2D eigenvalue weighted by Crippen LogP contribution is -2.39. The molecule has 1 saturated heterocycles. The van der Waals surface area contributed by atoms with Gasteiger partial charge in [-0.1, -0.05) is 18.0 Å². The molecule has 110 valence electrons. The molecule has 1 N–H and O–H groups in total. The number of nitrogens with zero attached hydrogens (tertiary/aromatic N) is 2. The van der Waals surface area contributed by atoms with Crippen molar-refractivity contribution in [3.8, 4) is 0 Å². The standard InChI is InChI=1S/C15H22ClN3O/c1-12-5-2-3-9-19(12)10-4-8-17-15(20)13-6-7-14(16)18-11-13/h6-7,11-12H,2-5,8-10H2,1H3,(H,17,20)/t12-/m0/s1. The zero-order valence-corrected chi connectivity index (χ0v) is 12.7. The van der Waals surface area contributed by atoms with Gasteiger partial charge in [-0.2, -0.15) is 0 Å². The van der Waals surface area contributed by atoms with Crippen LogP contribution < -0.4 is 5.32 Å². The number of carbonyl (C=O) groups excluding carboxylic acids is 1. The zero-order chi connectivity index (χ0) is 14.4. The summed E-state index contributed by atoms with van der Waals surface area (Å²) >= 11 is 5.69. The number of aromatic nitrogens is 1. The van der Waals surface area contributed by atoms with E-state index in [9.17, 15) is 4.79 Å². The van der Waals surface area contributed by atoms with Crippen molar-refractivity contribution in [3.05, 3.63) is 29.0 Å². The summed E-state index contributed by atoms with van der Waals surface area (Å²) in [6, 6.07) is 4.00. The Bertz CT molecular complexity index is 435. The first kappa shape index (κ1) is 15.3. The summed E-state index contributed by atoms with van der Waals surface area (Å²) in [6.45, 7) is 5.23. The lowest BCUT2D eigenvalue weighted by molar-refractivity contribution is 0.0948. The van der Waals surface area contributed by atoms with E-state index in [1.54, 1.807) is 12.1 Å². The SMILES string of the molecule is C[C@H]1CCCCN1CCCNC(=O)c1ccc(Cl)nc1. The van der Waals surface area contributed by atoms with Gasteiger partial charge in [0.2, 0.25) is 0 Å². The highest BCUT2D eigenvalue weighted by Gasteiger charge is 2.17. The Kier molecular flexibility index (Phi) is 5.80. The summed E-state index contributed by atoms with van der Waals surface area (Å²) < 4.78 is 0. The first-order valence-electron chi connectivity index (χ1n) is 7.30. The summed E-state index contributed by atoms with van der Waals surface area (Å²) in [4.78, 5) is 18.3. The third-order valence-electron chi connectivity index (χ3n) is 3.84. The van der Waals surface area contributed by atoms with Gasteiger partial charge in [0.15, 0.2) is 0 Å².